The van der Waals surface area contributed by atoms with Crippen molar-refractivity contribution in [2.75, 3.05) is 14.1 Å². The summed E-state index contributed by atoms with van der Waals surface area (Å²) in [5.41, 5.74) is 1.92. The largest absolute Gasteiger partial charge is 0.431 e. The minimum Gasteiger partial charge on any atom is -0.431 e. The van der Waals surface area contributed by atoms with Crippen LogP contribution in [0.4, 0.5) is 0 Å². The summed E-state index contributed by atoms with van der Waals surface area (Å²) < 4.78 is 31.3. The predicted molar refractivity (Wildman–Crippen MR) is 108 cm³/mol. The molecule has 1 atom stereocenters. The standard InChI is InChI=1S/C19H21N3O4S2/c1-13(18(23)20-12-14-7-5-4-6-8-14)27-19-21-16-11-15(9-10-17(16)26-19)28(24,25)22(2)3/h4-11,13H,12H2,1-3H3,(H,20,23)/t13-/m0/s1. The zero-order valence-electron chi connectivity index (χ0n) is 15.7. The van der Waals surface area contributed by atoms with Gasteiger partial charge in [0.05, 0.1) is 10.1 Å². The molecule has 0 unspecified atom stereocenters. The summed E-state index contributed by atoms with van der Waals surface area (Å²) in [5, 5.41) is 2.78. The Morgan fingerprint density at radius 3 is 2.61 bits per heavy atom. The molecular weight excluding hydrogens is 398 g/mol. The normalized spacial score (nSPS) is 13.0. The monoisotopic (exact) mass is 419 g/mol. The smallest absolute Gasteiger partial charge is 0.257 e. The van der Waals surface area contributed by atoms with Gasteiger partial charge in [0.1, 0.15) is 5.52 Å². The van der Waals surface area contributed by atoms with Crippen molar-refractivity contribution in [2.24, 2.45) is 0 Å². The molecule has 9 heteroatoms. The number of nitrogens with zero attached hydrogens (tertiary/aromatic N) is 2. The van der Waals surface area contributed by atoms with Crippen molar-refractivity contribution in [3.63, 3.8) is 0 Å². The van der Waals surface area contributed by atoms with E-state index in [1.807, 2.05) is 30.3 Å². The SMILES string of the molecule is C[C@H](Sc1nc2cc(S(=O)(=O)N(C)C)ccc2o1)C(=O)NCc1ccccc1. The summed E-state index contributed by atoms with van der Waals surface area (Å²) in [7, 11) is -0.605. The maximum absolute atomic E-state index is 12.3. The van der Waals surface area contributed by atoms with Crippen LogP contribution in [0.2, 0.25) is 0 Å². The van der Waals surface area contributed by atoms with Gasteiger partial charge < -0.3 is 9.73 Å². The van der Waals surface area contributed by atoms with Crippen molar-refractivity contribution in [2.45, 2.75) is 28.8 Å². The van der Waals surface area contributed by atoms with E-state index in [1.165, 1.54) is 38.0 Å². The zero-order chi connectivity index (χ0) is 20.3. The number of sulfonamides is 1. The summed E-state index contributed by atoms with van der Waals surface area (Å²) in [5.74, 6) is -0.132. The highest BCUT2D eigenvalue weighted by atomic mass is 32.2. The second kappa shape index (κ2) is 8.34. The number of amides is 1. The number of carbonyl (C=O) groups is 1. The lowest BCUT2D eigenvalue weighted by atomic mass is 10.2. The first kappa shape index (κ1) is 20.4. The first-order valence-corrected chi connectivity index (χ1v) is 10.9. The van der Waals surface area contributed by atoms with Crippen LogP contribution in [-0.2, 0) is 21.4 Å². The molecule has 0 aliphatic heterocycles. The first-order valence-electron chi connectivity index (χ1n) is 8.59. The Kier molecular flexibility index (Phi) is 6.07. The maximum Gasteiger partial charge on any atom is 0.257 e. The molecule has 1 aromatic heterocycles. The highest BCUT2D eigenvalue weighted by molar-refractivity contribution is 8.00. The van der Waals surface area contributed by atoms with Gasteiger partial charge >= 0.3 is 0 Å². The van der Waals surface area contributed by atoms with E-state index < -0.39 is 15.3 Å². The van der Waals surface area contributed by atoms with Crippen molar-refractivity contribution in [3.8, 4) is 0 Å². The van der Waals surface area contributed by atoms with Crippen molar-refractivity contribution < 1.29 is 17.6 Å². The summed E-state index contributed by atoms with van der Waals surface area (Å²) in [6, 6.07) is 14.2. The predicted octanol–water partition coefficient (Wildman–Crippen LogP) is 2.88. The van der Waals surface area contributed by atoms with E-state index in [2.05, 4.69) is 10.3 Å². The van der Waals surface area contributed by atoms with Crippen molar-refractivity contribution in [1.82, 2.24) is 14.6 Å². The van der Waals surface area contributed by atoms with Crippen LogP contribution < -0.4 is 5.32 Å². The molecule has 1 amide bonds. The Labute approximate surface area is 168 Å². The molecule has 3 aromatic rings. The third-order valence-electron chi connectivity index (χ3n) is 4.07. The van der Waals surface area contributed by atoms with Crippen LogP contribution in [0.5, 0.6) is 0 Å². The highest BCUT2D eigenvalue weighted by Gasteiger charge is 2.21. The molecule has 0 aliphatic rings. The van der Waals surface area contributed by atoms with Gasteiger partial charge in [0.2, 0.25) is 15.9 Å². The van der Waals surface area contributed by atoms with E-state index in [9.17, 15) is 13.2 Å². The number of carbonyl (C=O) groups excluding carboxylic acids is 1. The molecule has 0 saturated heterocycles. The van der Waals surface area contributed by atoms with Crippen molar-refractivity contribution in [3.05, 3.63) is 54.1 Å². The highest BCUT2D eigenvalue weighted by Crippen LogP contribution is 2.28. The van der Waals surface area contributed by atoms with Crippen LogP contribution in [0, 0.1) is 0 Å². The Morgan fingerprint density at radius 1 is 1.21 bits per heavy atom. The average Bonchev–Trinajstić information content (AvgIpc) is 3.08. The fourth-order valence-corrected chi connectivity index (χ4v) is 4.15. The molecule has 28 heavy (non-hydrogen) atoms. The lowest BCUT2D eigenvalue weighted by Gasteiger charge is -2.10. The Bertz CT molecular complexity index is 1080. The second-order valence-electron chi connectivity index (χ2n) is 6.36. The van der Waals surface area contributed by atoms with Crippen LogP contribution >= 0.6 is 11.8 Å². The van der Waals surface area contributed by atoms with Crippen LogP contribution in [-0.4, -0.2) is 43.0 Å². The fourth-order valence-electron chi connectivity index (χ4n) is 2.44. The quantitative estimate of drug-likeness (QED) is 0.592. The molecule has 7 nitrogen and oxygen atoms in total. The number of oxazole rings is 1. The lowest BCUT2D eigenvalue weighted by Crippen LogP contribution is -2.30. The van der Waals surface area contributed by atoms with E-state index in [4.69, 9.17) is 4.42 Å². The molecule has 0 saturated carbocycles. The summed E-state index contributed by atoms with van der Waals surface area (Å²) in [6.07, 6.45) is 0. The molecule has 3 rings (SSSR count). The number of nitrogens with one attached hydrogen (secondary N) is 1. The maximum atomic E-state index is 12.3. The Morgan fingerprint density at radius 2 is 1.93 bits per heavy atom. The molecule has 1 heterocycles. The molecule has 0 radical (unpaired) electrons. The van der Waals surface area contributed by atoms with Crippen LogP contribution in [0.15, 0.2) is 63.1 Å². The van der Waals surface area contributed by atoms with Gasteiger partial charge in [-0.15, -0.1) is 0 Å². The second-order valence-corrected chi connectivity index (χ2v) is 9.80. The number of hydrogen-bond donors (Lipinski definition) is 1. The van der Waals surface area contributed by atoms with Gasteiger partial charge in [-0.2, -0.15) is 0 Å². The third-order valence-corrected chi connectivity index (χ3v) is 6.83. The molecule has 0 fully saturated rings. The third kappa shape index (κ3) is 4.54. The Hall–Kier alpha value is -2.36. The number of aromatic nitrogens is 1. The van der Waals surface area contributed by atoms with Crippen molar-refractivity contribution in [1.29, 1.82) is 0 Å². The first-order chi connectivity index (χ1) is 13.3. The minimum atomic E-state index is -3.55. The number of thioether (sulfide) groups is 1. The van der Waals surface area contributed by atoms with E-state index in [0.29, 0.717) is 22.9 Å². The van der Waals surface area contributed by atoms with E-state index >= 15 is 0 Å². The number of hydrogen-bond acceptors (Lipinski definition) is 6. The summed E-state index contributed by atoms with van der Waals surface area (Å²) in [4.78, 5) is 16.8. The lowest BCUT2D eigenvalue weighted by molar-refractivity contribution is -0.120. The zero-order valence-corrected chi connectivity index (χ0v) is 17.4. The minimum absolute atomic E-state index is 0.132. The van der Waals surface area contributed by atoms with Crippen LogP contribution in [0.3, 0.4) is 0 Å². The number of rotatable bonds is 7. The topological polar surface area (TPSA) is 92.5 Å². The van der Waals surface area contributed by atoms with Gasteiger partial charge in [-0.3, -0.25) is 4.79 Å². The van der Waals surface area contributed by atoms with Gasteiger partial charge in [-0.1, -0.05) is 42.1 Å². The number of fused-ring (bicyclic) bond motifs is 1. The van der Waals surface area contributed by atoms with Crippen LogP contribution in [0.25, 0.3) is 11.1 Å². The van der Waals surface area contributed by atoms with Gasteiger partial charge in [-0.25, -0.2) is 17.7 Å². The fraction of sp³-hybridized carbons (Fsp3) is 0.263. The molecule has 0 spiro atoms. The Balaban J connectivity index is 1.69. The van der Waals surface area contributed by atoms with Crippen LogP contribution in [0.1, 0.15) is 12.5 Å². The van der Waals surface area contributed by atoms with Crippen molar-refractivity contribution >= 4 is 38.8 Å². The van der Waals surface area contributed by atoms with E-state index in [1.54, 1.807) is 13.0 Å². The van der Waals surface area contributed by atoms with Gasteiger partial charge in [-0.05, 0) is 30.7 Å². The van der Waals surface area contributed by atoms with E-state index in [0.717, 1.165) is 9.87 Å². The average molecular weight is 420 g/mol. The summed E-state index contributed by atoms with van der Waals surface area (Å²) >= 11 is 1.18. The molecular formula is C19H21N3O4S2. The molecule has 1 N–H and O–H groups in total. The molecule has 0 aliphatic carbocycles. The van der Waals surface area contributed by atoms with Gasteiger partial charge in [0.25, 0.3) is 5.22 Å². The number of benzene rings is 2. The van der Waals surface area contributed by atoms with Gasteiger partial charge in [0.15, 0.2) is 5.58 Å². The molecule has 0 bridgehead atoms. The van der Waals surface area contributed by atoms with E-state index in [-0.39, 0.29) is 10.8 Å². The molecule has 148 valence electrons. The summed E-state index contributed by atoms with van der Waals surface area (Å²) in [6.45, 7) is 2.21. The molecule has 2 aromatic carbocycles. The van der Waals surface area contributed by atoms with Gasteiger partial charge in [0, 0.05) is 20.6 Å².